The van der Waals surface area contributed by atoms with Crippen molar-refractivity contribution in [1.29, 1.82) is 0 Å². The molecule has 2 rings (SSSR count). The molecule has 0 unspecified atom stereocenters. The molecule has 0 bridgehead atoms. The van der Waals surface area contributed by atoms with Crippen molar-refractivity contribution < 1.29 is 9.59 Å². The SMILES string of the molecule is CNC(=O)[C@@H]1CNCCN1C(=O)Cc1csc(C)n1. The number of nitrogens with zero attached hydrogens (tertiary/aromatic N) is 2. The fraction of sp³-hybridized carbons (Fsp3) is 0.583. The van der Waals surface area contributed by atoms with E-state index in [0.29, 0.717) is 13.1 Å². The maximum atomic E-state index is 12.3. The van der Waals surface area contributed by atoms with E-state index in [9.17, 15) is 9.59 Å². The van der Waals surface area contributed by atoms with Crippen LogP contribution in [0.4, 0.5) is 0 Å². The number of amides is 2. The summed E-state index contributed by atoms with van der Waals surface area (Å²) in [4.78, 5) is 30.0. The topological polar surface area (TPSA) is 74.3 Å². The number of thiazole rings is 1. The van der Waals surface area contributed by atoms with Gasteiger partial charge in [-0.25, -0.2) is 4.98 Å². The van der Waals surface area contributed by atoms with E-state index >= 15 is 0 Å². The van der Waals surface area contributed by atoms with Gasteiger partial charge in [0.05, 0.1) is 17.1 Å². The molecule has 0 aromatic carbocycles. The summed E-state index contributed by atoms with van der Waals surface area (Å²) in [6.45, 7) is 3.69. The average Bonchev–Trinajstić information content (AvgIpc) is 2.83. The Morgan fingerprint density at radius 2 is 2.42 bits per heavy atom. The number of piperazine rings is 1. The van der Waals surface area contributed by atoms with Gasteiger partial charge in [-0.15, -0.1) is 11.3 Å². The van der Waals surface area contributed by atoms with Crippen LogP contribution in [0.15, 0.2) is 5.38 Å². The highest BCUT2D eigenvalue weighted by Gasteiger charge is 2.31. The summed E-state index contributed by atoms with van der Waals surface area (Å²) in [5.41, 5.74) is 0.779. The van der Waals surface area contributed by atoms with E-state index in [1.807, 2.05) is 12.3 Å². The lowest BCUT2D eigenvalue weighted by atomic mass is 10.1. The van der Waals surface area contributed by atoms with Crippen molar-refractivity contribution in [2.75, 3.05) is 26.7 Å². The Morgan fingerprint density at radius 3 is 3.05 bits per heavy atom. The molecule has 19 heavy (non-hydrogen) atoms. The number of rotatable bonds is 3. The number of carbonyl (C=O) groups excluding carboxylic acids is 2. The number of hydrogen-bond donors (Lipinski definition) is 2. The van der Waals surface area contributed by atoms with E-state index in [-0.39, 0.29) is 18.2 Å². The van der Waals surface area contributed by atoms with Gasteiger partial charge in [0, 0.05) is 32.1 Å². The predicted octanol–water partition coefficient (Wildman–Crippen LogP) is -0.460. The number of carbonyl (C=O) groups is 2. The Bertz CT molecular complexity index is 474. The molecule has 0 saturated carbocycles. The van der Waals surface area contributed by atoms with Gasteiger partial charge in [-0.3, -0.25) is 9.59 Å². The molecule has 1 aliphatic rings. The maximum absolute atomic E-state index is 12.3. The molecular weight excluding hydrogens is 264 g/mol. The zero-order valence-corrected chi connectivity index (χ0v) is 11.9. The number of aromatic nitrogens is 1. The van der Waals surface area contributed by atoms with E-state index in [4.69, 9.17) is 0 Å². The van der Waals surface area contributed by atoms with Crippen LogP contribution in [-0.2, 0) is 16.0 Å². The van der Waals surface area contributed by atoms with Gasteiger partial charge in [-0.1, -0.05) is 0 Å². The van der Waals surface area contributed by atoms with Gasteiger partial charge in [0.1, 0.15) is 6.04 Å². The number of aryl methyl sites for hydroxylation is 1. The van der Waals surface area contributed by atoms with Crippen LogP contribution < -0.4 is 10.6 Å². The molecule has 1 fully saturated rings. The highest BCUT2D eigenvalue weighted by molar-refractivity contribution is 7.09. The van der Waals surface area contributed by atoms with Gasteiger partial charge in [-0.05, 0) is 6.92 Å². The molecule has 104 valence electrons. The minimum Gasteiger partial charge on any atom is -0.357 e. The van der Waals surface area contributed by atoms with E-state index < -0.39 is 6.04 Å². The third-order valence-electron chi connectivity index (χ3n) is 3.11. The van der Waals surface area contributed by atoms with Gasteiger partial charge in [0.2, 0.25) is 11.8 Å². The fourth-order valence-electron chi connectivity index (χ4n) is 2.15. The van der Waals surface area contributed by atoms with E-state index in [0.717, 1.165) is 17.2 Å². The summed E-state index contributed by atoms with van der Waals surface area (Å²) in [7, 11) is 1.59. The predicted molar refractivity (Wildman–Crippen MR) is 73.0 cm³/mol. The standard InChI is InChI=1S/C12H18N4O2S/c1-8-15-9(7-19-8)5-11(17)16-4-3-14-6-10(16)12(18)13-2/h7,10,14H,3-6H2,1-2H3,(H,13,18)/t10-/m0/s1. The van der Waals surface area contributed by atoms with Crippen LogP contribution in [0.25, 0.3) is 0 Å². The van der Waals surface area contributed by atoms with Crippen LogP contribution in [0.1, 0.15) is 10.7 Å². The first-order chi connectivity index (χ1) is 9.11. The van der Waals surface area contributed by atoms with Crippen molar-refractivity contribution >= 4 is 23.2 Å². The van der Waals surface area contributed by atoms with Crippen LogP contribution in [0.3, 0.4) is 0 Å². The van der Waals surface area contributed by atoms with Gasteiger partial charge >= 0.3 is 0 Å². The van der Waals surface area contributed by atoms with Crippen LogP contribution in [0.5, 0.6) is 0 Å². The quantitative estimate of drug-likeness (QED) is 0.787. The smallest absolute Gasteiger partial charge is 0.243 e. The average molecular weight is 282 g/mol. The first kappa shape index (κ1) is 14.0. The lowest BCUT2D eigenvalue weighted by molar-refractivity contribution is -0.140. The number of nitrogens with one attached hydrogen (secondary N) is 2. The minimum atomic E-state index is -0.425. The second-order valence-corrected chi connectivity index (χ2v) is 5.52. The highest BCUT2D eigenvalue weighted by Crippen LogP contribution is 2.12. The lowest BCUT2D eigenvalue weighted by Gasteiger charge is -2.34. The molecule has 2 amide bonds. The third-order valence-corrected chi connectivity index (χ3v) is 3.93. The molecule has 1 aliphatic heterocycles. The molecule has 2 heterocycles. The molecule has 0 aliphatic carbocycles. The summed E-state index contributed by atoms with van der Waals surface area (Å²) in [6, 6.07) is -0.425. The Morgan fingerprint density at radius 1 is 1.63 bits per heavy atom. The molecule has 1 aromatic rings. The number of hydrogen-bond acceptors (Lipinski definition) is 5. The van der Waals surface area contributed by atoms with Crippen molar-refractivity contribution in [3.63, 3.8) is 0 Å². The number of likely N-dealkylation sites (N-methyl/N-ethyl adjacent to an activating group) is 1. The van der Waals surface area contributed by atoms with Crippen LogP contribution in [-0.4, -0.2) is 54.4 Å². The molecule has 1 saturated heterocycles. The Hall–Kier alpha value is -1.47. The first-order valence-corrected chi connectivity index (χ1v) is 7.12. The largest absolute Gasteiger partial charge is 0.357 e. The van der Waals surface area contributed by atoms with Crippen molar-refractivity contribution in [2.45, 2.75) is 19.4 Å². The van der Waals surface area contributed by atoms with Crippen LogP contribution in [0.2, 0.25) is 0 Å². The summed E-state index contributed by atoms with van der Waals surface area (Å²) in [5.74, 6) is -0.171. The molecule has 2 N–H and O–H groups in total. The first-order valence-electron chi connectivity index (χ1n) is 6.24. The minimum absolute atomic E-state index is 0.0413. The van der Waals surface area contributed by atoms with Crippen molar-refractivity contribution in [1.82, 2.24) is 20.5 Å². The van der Waals surface area contributed by atoms with Crippen molar-refractivity contribution in [3.05, 3.63) is 16.1 Å². The summed E-state index contributed by atoms with van der Waals surface area (Å²) >= 11 is 1.53. The highest BCUT2D eigenvalue weighted by atomic mass is 32.1. The van der Waals surface area contributed by atoms with Gasteiger partial charge in [0.25, 0.3) is 0 Å². The second kappa shape index (κ2) is 6.12. The zero-order valence-electron chi connectivity index (χ0n) is 11.1. The molecule has 1 aromatic heterocycles. The lowest BCUT2D eigenvalue weighted by Crippen LogP contribution is -2.59. The van der Waals surface area contributed by atoms with Gasteiger partial charge in [0.15, 0.2) is 0 Å². The zero-order chi connectivity index (χ0) is 13.8. The van der Waals surface area contributed by atoms with Crippen molar-refractivity contribution in [3.8, 4) is 0 Å². The normalized spacial score (nSPS) is 19.3. The van der Waals surface area contributed by atoms with Gasteiger partial charge < -0.3 is 15.5 Å². The summed E-state index contributed by atoms with van der Waals surface area (Å²) < 4.78 is 0. The molecule has 7 heteroatoms. The molecule has 0 radical (unpaired) electrons. The van der Waals surface area contributed by atoms with Crippen molar-refractivity contribution in [2.24, 2.45) is 0 Å². The Labute approximate surface area is 116 Å². The third kappa shape index (κ3) is 3.30. The Kier molecular flexibility index (Phi) is 4.49. The monoisotopic (exact) mass is 282 g/mol. The fourth-order valence-corrected chi connectivity index (χ4v) is 2.76. The summed E-state index contributed by atoms with van der Waals surface area (Å²) in [6.07, 6.45) is 0.262. The van der Waals surface area contributed by atoms with E-state index in [1.54, 1.807) is 11.9 Å². The van der Waals surface area contributed by atoms with E-state index in [1.165, 1.54) is 11.3 Å². The summed E-state index contributed by atoms with van der Waals surface area (Å²) in [5, 5.41) is 8.58. The van der Waals surface area contributed by atoms with Crippen LogP contribution >= 0.6 is 11.3 Å². The van der Waals surface area contributed by atoms with Crippen LogP contribution in [0, 0.1) is 6.92 Å². The maximum Gasteiger partial charge on any atom is 0.243 e. The molecule has 0 spiro atoms. The molecule has 6 nitrogen and oxygen atoms in total. The molecule has 1 atom stereocenters. The Balaban J connectivity index is 2.05. The van der Waals surface area contributed by atoms with E-state index in [2.05, 4.69) is 15.6 Å². The van der Waals surface area contributed by atoms with Gasteiger partial charge in [-0.2, -0.15) is 0 Å². The second-order valence-electron chi connectivity index (χ2n) is 4.46. The molecular formula is C12H18N4O2S.